The molecule has 5 nitrogen and oxygen atoms in total. The summed E-state index contributed by atoms with van der Waals surface area (Å²) in [6.45, 7) is 0. The third-order valence-electron chi connectivity index (χ3n) is 5.78. The predicted octanol–water partition coefficient (Wildman–Crippen LogP) is 4.51. The zero-order valence-electron chi connectivity index (χ0n) is 17.4. The van der Waals surface area contributed by atoms with Gasteiger partial charge in [-0.05, 0) is 18.2 Å². The van der Waals surface area contributed by atoms with Crippen LogP contribution in [-0.4, -0.2) is 23.1 Å². The van der Waals surface area contributed by atoms with Crippen LogP contribution in [0.2, 0.25) is 0 Å². The van der Waals surface area contributed by atoms with Crippen LogP contribution in [0.25, 0.3) is 0 Å². The Morgan fingerprint density at radius 1 is 0.364 bits per heavy atom. The first-order chi connectivity index (χ1) is 16.0. The van der Waals surface area contributed by atoms with Gasteiger partial charge >= 0.3 is 0 Å². The predicted molar refractivity (Wildman–Crippen MR) is 124 cm³/mol. The molecule has 33 heavy (non-hydrogen) atoms. The maximum absolute atomic E-state index is 12.2. The van der Waals surface area contributed by atoms with Crippen LogP contribution in [0.15, 0.2) is 91.0 Å². The minimum Gasteiger partial charge on any atom is -0.399 e. The molecule has 2 N–H and O–H groups in total. The average molecular weight is 431 g/mol. The van der Waals surface area contributed by atoms with Gasteiger partial charge in [-0.2, -0.15) is 0 Å². The van der Waals surface area contributed by atoms with E-state index in [-0.39, 0.29) is 23.1 Å². The van der Waals surface area contributed by atoms with Crippen LogP contribution in [0.3, 0.4) is 0 Å². The van der Waals surface area contributed by atoms with Crippen LogP contribution in [0.5, 0.6) is 0 Å². The highest BCUT2D eigenvalue weighted by atomic mass is 16.1. The molecule has 0 saturated heterocycles. The summed E-state index contributed by atoms with van der Waals surface area (Å²) < 4.78 is 0. The molecule has 0 heterocycles. The minimum atomic E-state index is -0.137. The van der Waals surface area contributed by atoms with E-state index in [0.717, 1.165) is 0 Å². The topological polar surface area (TPSA) is 94.3 Å². The van der Waals surface area contributed by atoms with Crippen LogP contribution < -0.4 is 5.73 Å². The van der Waals surface area contributed by atoms with Crippen molar-refractivity contribution in [2.45, 2.75) is 0 Å². The van der Waals surface area contributed by atoms with Gasteiger partial charge < -0.3 is 5.73 Å². The van der Waals surface area contributed by atoms with Crippen LogP contribution >= 0.6 is 0 Å². The quantitative estimate of drug-likeness (QED) is 0.357. The second-order valence-electron chi connectivity index (χ2n) is 7.76. The van der Waals surface area contributed by atoms with E-state index in [4.69, 9.17) is 5.73 Å². The van der Waals surface area contributed by atoms with Crippen molar-refractivity contribution >= 4 is 28.8 Å². The highest BCUT2D eigenvalue weighted by Gasteiger charge is 2.29. The molecule has 0 atom stereocenters. The molecule has 0 saturated carbocycles. The smallest absolute Gasteiger partial charge is 0.194 e. The molecule has 0 unspecified atom stereocenters. The van der Waals surface area contributed by atoms with Gasteiger partial charge in [0.05, 0.1) is 0 Å². The summed E-state index contributed by atoms with van der Waals surface area (Å²) >= 11 is 0. The second kappa shape index (κ2) is 7.80. The van der Waals surface area contributed by atoms with E-state index in [2.05, 4.69) is 0 Å². The summed E-state index contributed by atoms with van der Waals surface area (Å²) in [5, 5.41) is 0. The first kappa shape index (κ1) is 20.3. The van der Waals surface area contributed by atoms with E-state index >= 15 is 0 Å². The SMILES string of the molecule is Nc1ccc2c(c1)C(=O)c1ccccc1C2=O.O=C1c2ccccc2C(=O)c2ccccc21. The molecule has 4 aromatic rings. The Labute approximate surface area is 189 Å². The number of carbonyl (C=O) groups is 4. The summed E-state index contributed by atoms with van der Waals surface area (Å²) in [4.78, 5) is 48.6. The molecular weight excluding hydrogens is 414 g/mol. The fraction of sp³-hybridized carbons (Fsp3) is 0. The van der Waals surface area contributed by atoms with Crippen molar-refractivity contribution in [1.29, 1.82) is 0 Å². The Balaban J connectivity index is 0.000000139. The molecule has 6 rings (SSSR count). The summed E-state index contributed by atoms with van der Waals surface area (Å²) in [5.74, 6) is -0.380. The number of rotatable bonds is 0. The molecule has 0 bridgehead atoms. The summed E-state index contributed by atoms with van der Waals surface area (Å²) in [6.07, 6.45) is 0. The van der Waals surface area contributed by atoms with Gasteiger partial charge in [0.25, 0.3) is 0 Å². The summed E-state index contributed by atoms with van der Waals surface area (Å²) in [5.41, 5.74) is 9.91. The Kier molecular flexibility index (Phi) is 4.79. The molecule has 0 aliphatic heterocycles. The number of nitrogens with two attached hydrogens (primary N) is 1. The van der Waals surface area contributed by atoms with E-state index < -0.39 is 0 Å². The normalized spacial score (nSPS) is 13.2. The Hall–Kier alpha value is -4.64. The summed E-state index contributed by atoms with van der Waals surface area (Å²) in [6, 6.07) is 25.6. The number of anilines is 1. The monoisotopic (exact) mass is 431 g/mol. The number of nitrogen functional groups attached to an aromatic ring is 1. The van der Waals surface area contributed by atoms with Crippen LogP contribution in [0.1, 0.15) is 63.7 Å². The first-order valence-electron chi connectivity index (χ1n) is 10.3. The van der Waals surface area contributed by atoms with E-state index in [1.54, 1.807) is 91.0 Å². The molecule has 5 heteroatoms. The first-order valence-corrected chi connectivity index (χ1v) is 10.3. The lowest BCUT2D eigenvalue weighted by Gasteiger charge is -2.17. The third kappa shape index (κ3) is 3.27. The fourth-order valence-electron chi connectivity index (χ4n) is 4.17. The number of hydrogen-bond donors (Lipinski definition) is 1. The van der Waals surface area contributed by atoms with E-state index in [1.807, 2.05) is 0 Å². The van der Waals surface area contributed by atoms with Gasteiger partial charge in [0.15, 0.2) is 23.1 Å². The third-order valence-corrected chi connectivity index (χ3v) is 5.78. The molecule has 2 aliphatic rings. The van der Waals surface area contributed by atoms with E-state index in [9.17, 15) is 19.2 Å². The van der Waals surface area contributed by atoms with Crippen LogP contribution in [0.4, 0.5) is 5.69 Å². The molecule has 0 spiro atoms. The van der Waals surface area contributed by atoms with Crippen molar-refractivity contribution in [3.8, 4) is 0 Å². The highest BCUT2D eigenvalue weighted by Crippen LogP contribution is 2.28. The van der Waals surface area contributed by atoms with Crippen LogP contribution in [0, 0.1) is 0 Å². The standard InChI is InChI=1S/C14H9NO2.C14H8O2/c15-8-5-6-11-12(7-8)14(17)10-4-2-1-3-9(10)13(11)16;15-13-9-5-1-2-6-10(9)14(16)12-8-4-3-7-11(12)13/h1-7H,15H2;1-8H. The average Bonchev–Trinajstić information content (AvgIpc) is 2.86. The van der Waals surface area contributed by atoms with Gasteiger partial charge in [-0.15, -0.1) is 0 Å². The lowest BCUT2D eigenvalue weighted by molar-refractivity contribution is 0.0979. The second-order valence-corrected chi connectivity index (χ2v) is 7.76. The van der Waals surface area contributed by atoms with E-state index in [1.165, 1.54) is 0 Å². The molecule has 0 amide bonds. The molecule has 0 radical (unpaired) electrons. The largest absolute Gasteiger partial charge is 0.399 e. The summed E-state index contributed by atoms with van der Waals surface area (Å²) in [7, 11) is 0. The van der Waals surface area contributed by atoms with Crippen molar-refractivity contribution < 1.29 is 19.2 Å². The lowest BCUT2D eigenvalue weighted by Crippen LogP contribution is -2.20. The maximum atomic E-state index is 12.2. The fourth-order valence-corrected chi connectivity index (χ4v) is 4.17. The van der Waals surface area contributed by atoms with Gasteiger partial charge in [-0.3, -0.25) is 19.2 Å². The van der Waals surface area contributed by atoms with Gasteiger partial charge in [0, 0.05) is 50.2 Å². The lowest BCUT2D eigenvalue weighted by atomic mass is 9.84. The van der Waals surface area contributed by atoms with Crippen molar-refractivity contribution in [3.63, 3.8) is 0 Å². The molecule has 2 aliphatic carbocycles. The molecule has 0 fully saturated rings. The Morgan fingerprint density at radius 3 is 0.970 bits per heavy atom. The van der Waals surface area contributed by atoms with Gasteiger partial charge in [-0.1, -0.05) is 72.8 Å². The van der Waals surface area contributed by atoms with Gasteiger partial charge in [-0.25, -0.2) is 0 Å². The zero-order chi connectivity index (χ0) is 23.1. The number of ketones is 4. The minimum absolute atomic E-state index is 0.0641. The molecular formula is C28H17NO4. The van der Waals surface area contributed by atoms with Crippen molar-refractivity contribution in [2.75, 3.05) is 5.73 Å². The van der Waals surface area contributed by atoms with Gasteiger partial charge in [0.2, 0.25) is 0 Å². The molecule has 4 aromatic carbocycles. The molecule has 0 aromatic heterocycles. The number of hydrogen-bond acceptors (Lipinski definition) is 5. The maximum Gasteiger partial charge on any atom is 0.194 e. The highest BCUT2D eigenvalue weighted by molar-refractivity contribution is 6.29. The van der Waals surface area contributed by atoms with Gasteiger partial charge in [0.1, 0.15) is 0 Å². The molecule has 158 valence electrons. The van der Waals surface area contributed by atoms with E-state index in [0.29, 0.717) is 50.2 Å². The van der Waals surface area contributed by atoms with Crippen molar-refractivity contribution in [3.05, 3.63) is 136 Å². The number of benzene rings is 4. The zero-order valence-corrected chi connectivity index (χ0v) is 17.4. The number of fused-ring (bicyclic) bond motifs is 4. The van der Waals surface area contributed by atoms with Crippen molar-refractivity contribution in [1.82, 2.24) is 0 Å². The Morgan fingerprint density at radius 2 is 0.636 bits per heavy atom. The number of carbonyl (C=O) groups excluding carboxylic acids is 4. The van der Waals surface area contributed by atoms with Crippen molar-refractivity contribution in [2.24, 2.45) is 0 Å². The van der Waals surface area contributed by atoms with Crippen LogP contribution in [-0.2, 0) is 0 Å². The Bertz CT molecular complexity index is 1390.